The Bertz CT molecular complexity index is 453. The lowest BCUT2D eigenvalue weighted by molar-refractivity contribution is 0.717. The van der Waals surface area contributed by atoms with Gasteiger partial charge in [-0.15, -0.1) is 0 Å². The molecule has 0 spiro atoms. The molecule has 0 unspecified atom stereocenters. The summed E-state index contributed by atoms with van der Waals surface area (Å²) in [6, 6.07) is 19.9. The molecule has 0 heterocycles. The fourth-order valence-electron chi connectivity index (χ4n) is 2.39. The zero-order chi connectivity index (χ0) is 17.3. The minimum atomic E-state index is 0. The van der Waals surface area contributed by atoms with Crippen molar-refractivity contribution in [2.75, 3.05) is 0 Å². The van der Waals surface area contributed by atoms with Crippen molar-refractivity contribution in [3.05, 3.63) is 71.3 Å². The minimum absolute atomic E-state index is 0. The monoisotopic (exact) mass is 328 g/mol. The van der Waals surface area contributed by atoms with Crippen LogP contribution in [0.4, 0.5) is 0 Å². The highest BCUT2D eigenvalue weighted by atomic mass is 14.0. The van der Waals surface area contributed by atoms with Crippen molar-refractivity contribution in [2.24, 2.45) is 0 Å². The summed E-state index contributed by atoms with van der Waals surface area (Å²) in [5, 5.41) is 0. The molecule has 0 bridgehead atoms. The molecular weight excluding hydrogens is 288 g/mol. The SMILES string of the molecule is C.CC.CC.CCCCCc1ccc(CCc2ccccc2)cc1. The molecule has 0 fully saturated rings. The first kappa shape index (κ1) is 24.7. The highest BCUT2D eigenvalue weighted by molar-refractivity contribution is 5.24. The van der Waals surface area contributed by atoms with Crippen molar-refractivity contribution >= 4 is 0 Å². The molecule has 0 amide bonds. The maximum atomic E-state index is 2.30. The molecule has 0 N–H and O–H groups in total. The molecular formula is C24H40. The van der Waals surface area contributed by atoms with E-state index in [1.54, 1.807) is 0 Å². The maximum Gasteiger partial charge on any atom is -0.0238 e. The Hall–Kier alpha value is -1.56. The smallest absolute Gasteiger partial charge is 0.0238 e. The molecule has 0 aliphatic carbocycles. The first-order valence-electron chi connectivity index (χ1n) is 9.50. The van der Waals surface area contributed by atoms with Crippen LogP contribution in [0.3, 0.4) is 0 Å². The standard InChI is InChI=1S/C19H24.2C2H6.CH4/c1-2-3-5-8-18-12-15-19(16-13-18)14-11-17-9-6-4-7-10-17;2*1-2;/h4,6-7,9-10,12-13,15-16H,2-3,5,8,11,14H2,1H3;2*1-2H3;1H4. The Balaban J connectivity index is 0. The topological polar surface area (TPSA) is 0 Å². The Labute approximate surface area is 152 Å². The van der Waals surface area contributed by atoms with Gasteiger partial charge in [-0.05, 0) is 42.4 Å². The maximum absolute atomic E-state index is 2.30. The third-order valence-electron chi connectivity index (χ3n) is 3.64. The van der Waals surface area contributed by atoms with Gasteiger partial charge in [0.2, 0.25) is 0 Å². The number of hydrogen-bond donors (Lipinski definition) is 0. The van der Waals surface area contributed by atoms with E-state index in [9.17, 15) is 0 Å². The Morgan fingerprint density at radius 2 is 0.958 bits per heavy atom. The fraction of sp³-hybridized carbons (Fsp3) is 0.500. The zero-order valence-electron chi connectivity index (χ0n) is 15.9. The summed E-state index contributed by atoms with van der Waals surface area (Å²) >= 11 is 0. The summed E-state index contributed by atoms with van der Waals surface area (Å²) in [7, 11) is 0. The minimum Gasteiger partial charge on any atom is -0.0776 e. The van der Waals surface area contributed by atoms with Crippen LogP contribution in [0.2, 0.25) is 0 Å². The van der Waals surface area contributed by atoms with Gasteiger partial charge in [0.1, 0.15) is 0 Å². The molecule has 0 radical (unpaired) electrons. The molecule has 0 aromatic heterocycles. The van der Waals surface area contributed by atoms with Gasteiger partial charge in [0.25, 0.3) is 0 Å². The lowest BCUT2D eigenvalue weighted by Gasteiger charge is -2.05. The fourth-order valence-corrected chi connectivity index (χ4v) is 2.39. The highest BCUT2D eigenvalue weighted by Gasteiger charge is 1.97. The predicted molar refractivity (Wildman–Crippen MR) is 113 cm³/mol. The number of rotatable bonds is 7. The van der Waals surface area contributed by atoms with Crippen LogP contribution in [-0.2, 0) is 19.3 Å². The average Bonchev–Trinajstić information content (AvgIpc) is 2.65. The van der Waals surface area contributed by atoms with Crippen molar-refractivity contribution in [3.63, 3.8) is 0 Å². The zero-order valence-corrected chi connectivity index (χ0v) is 15.9. The summed E-state index contributed by atoms with van der Waals surface area (Å²) in [5.41, 5.74) is 4.36. The average molecular weight is 329 g/mol. The molecule has 24 heavy (non-hydrogen) atoms. The van der Waals surface area contributed by atoms with Crippen LogP contribution in [0.5, 0.6) is 0 Å². The van der Waals surface area contributed by atoms with Crippen molar-refractivity contribution in [1.29, 1.82) is 0 Å². The van der Waals surface area contributed by atoms with Gasteiger partial charge in [-0.2, -0.15) is 0 Å². The largest absolute Gasteiger partial charge is 0.0776 e. The number of hydrogen-bond acceptors (Lipinski definition) is 0. The van der Waals surface area contributed by atoms with E-state index in [-0.39, 0.29) is 7.43 Å². The first-order valence-corrected chi connectivity index (χ1v) is 9.50. The van der Waals surface area contributed by atoms with Crippen molar-refractivity contribution in [3.8, 4) is 0 Å². The second-order valence-corrected chi connectivity index (χ2v) is 5.26. The van der Waals surface area contributed by atoms with E-state index >= 15 is 0 Å². The summed E-state index contributed by atoms with van der Waals surface area (Å²) < 4.78 is 0. The van der Waals surface area contributed by atoms with Crippen LogP contribution in [-0.4, -0.2) is 0 Å². The van der Waals surface area contributed by atoms with Gasteiger partial charge in [-0.1, -0.05) is 109 Å². The van der Waals surface area contributed by atoms with Gasteiger partial charge in [-0.25, -0.2) is 0 Å². The molecule has 0 aliphatic rings. The predicted octanol–water partition coefficient (Wildman–Crippen LogP) is 7.89. The number of aryl methyl sites for hydroxylation is 3. The van der Waals surface area contributed by atoms with E-state index < -0.39 is 0 Å². The summed E-state index contributed by atoms with van der Waals surface area (Å²) in [6.45, 7) is 10.3. The highest BCUT2D eigenvalue weighted by Crippen LogP contribution is 2.11. The normalized spacial score (nSPS) is 8.88. The Morgan fingerprint density at radius 1 is 0.542 bits per heavy atom. The van der Waals surface area contributed by atoms with Crippen molar-refractivity contribution < 1.29 is 0 Å². The van der Waals surface area contributed by atoms with Crippen molar-refractivity contribution in [2.45, 2.75) is 80.6 Å². The number of benzene rings is 2. The van der Waals surface area contributed by atoms with Gasteiger partial charge in [0.05, 0.1) is 0 Å². The third-order valence-corrected chi connectivity index (χ3v) is 3.64. The van der Waals surface area contributed by atoms with E-state index in [0.29, 0.717) is 0 Å². The third kappa shape index (κ3) is 11.0. The molecule has 2 aromatic carbocycles. The molecule has 0 nitrogen and oxygen atoms in total. The Kier molecular flexibility index (Phi) is 18.3. The van der Waals surface area contributed by atoms with Gasteiger partial charge >= 0.3 is 0 Å². The molecule has 2 rings (SSSR count). The summed E-state index contributed by atoms with van der Waals surface area (Å²) in [6.07, 6.45) is 7.47. The van der Waals surface area contributed by atoms with Gasteiger partial charge in [0.15, 0.2) is 0 Å². The van der Waals surface area contributed by atoms with Crippen LogP contribution in [0.15, 0.2) is 54.6 Å². The van der Waals surface area contributed by atoms with E-state index in [1.807, 2.05) is 27.7 Å². The molecule has 0 heteroatoms. The number of unbranched alkanes of at least 4 members (excludes halogenated alkanes) is 2. The lowest BCUT2D eigenvalue weighted by Crippen LogP contribution is -1.92. The molecule has 2 aromatic rings. The van der Waals surface area contributed by atoms with E-state index in [4.69, 9.17) is 0 Å². The molecule has 0 atom stereocenters. The lowest BCUT2D eigenvalue weighted by atomic mass is 10.0. The van der Waals surface area contributed by atoms with E-state index in [2.05, 4.69) is 61.5 Å². The van der Waals surface area contributed by atoms with Crippen molar-refractivity contribution in [1.82, 2.24) is 0 Å². The Morgan fingerprint density at radius 3 is 1.42 bits per heavy atom. The van der Waals surface area contributed by atoms with Crippen LogP contribution in [0.25, 0.3) is 0 Å². The van der Waals surface area contributed by atoms with Gasteiger partial charge in [0, 0.05) is 0 Å². The summed E-state index contributed by atoms with van der Waals surface area (Å²) in [5.74, 6) is 0. The molecule has 0 saturated carbocycles. The first-order chi connectivity index (χ1) is 11.4. The van der Waals surface area contributed by atoms with Crippen LogP contribution in [0, 0.1) is 0 Å². The summed E-state index contributed by atoms with van der Waals surface area (Å²) in [4.78, 5) is 0. The van der Waals surface area contributed by atoms with Gasteiger partial charge < -0.3 is 0 Å². The molecule has 0 saturated heterocycles. The van der Waals surface area contributed by atoms with Crippen LogP contribution < -0.4 is 0 Å². The molecule has 136 valence electrons. The molecule has 0 aliphatic heterocycles. The van der Waals surface area contributed by atoms with E-state index in [1.165, 1.54) is 42.4 Å². The second-order valence-electron chi connectivity index (χ2n) is 5.26. The van der Waals surface area contributed by atoms with E-state index in [0.717, 1.165) is 12.8 Å². The van der Waals surface area contributed by atoms with Gasteiger partial charge in [-0.3, -0.25) is 0 Å². The quantitative estimate of drug-likeness (QED) is 0.453. The van der Waals surface area contributed by atoms with Crippen LogP contribution >= 0.6 is 0 Å². The second kappa shape index (κ2) is 17.8. The van der Waals surface area contributed by atoms with Crippen LogP contribution in [0.1, 0.15) is 78.0 Å².